The third-order valence-electron chi connectivity index (χ3n) is 3.55. The Labute approximate surface area is 120 Å². The number of ketones is 1. The van der Waals surface area contributed by atoms with Crippen molar-refractivity contribution in [3.8, 4) is 0 Å². The van der Waals surface area contributed by atoms with Gasteiger partial charge >= 0.3 is 0 Å². The van der Waals surface area contributed by atoms with Crippen LogP contribution in [0.3, 0.4) is 0 Å². The quantitative estimate of drug-likeness (QED) is 0.779. The molecule has 0 aliphatic carbocycles. The first-order chi connectivity index (χ1) is 9.51. The summed E-state index contributed by atoms with van der Waals surface area (Å²) >= 11 is 0. The van der Waals surface area contributed by atoms with Gasteiger partial charge in [0.1, 0.15) is 0 Å². The molecule has 0 aliphatic rings. The van der Waals surface area contributed by atoms with Crippen LogP contribution < -0.4 is 0 Å². The molecule has 106 valence electrons. The lowest BCUT2D eigenvalue weighted by Gasteiger charge is -2.06. The Kier molecular flexibility index (Phi) is 4.38. The molecule has 0 bridgehead atoms. The van der Waals surface area contributed by atoms with Gasteiger partial charge in [-0.15, -0.1) is 0 Å². The summed E-state index contributed by atoms with van der Waals surface area (Å²) in [6, 6.07) is 8.32. The molecule has 0 spiro atoms. The highest BCUT2D eigenvalue weighted by Gasteiger charge is 2.14. The van der Waals surface area contributed by atoms with Crippen LogP contribution in [-0.4, -0.2) is 15.6 Å². The van der Waals surface area contributed by atoms with Crippen molar-refractivity contribution in [1.82, 2.24) is 9.78 Å². The van der Waals surface area contributed by atoms with Gasteiger partial charge in [0.15, 0.2) is 5.78 Å². The Balaban J connectivity index is 2.14. The molecule has 0 atom stereocenters. The monoisotopic (exact) mass is 270 g/mol. The summed E-state index contributed by atoms with van der Waals surface area (Å²) in [6.45, 7) is 6.36. The number of rotatable bonds is 5. The highest BCUT2D eigenvalue weighted by atomic mass is 16.1. The molecular formula is C17H22N2O. The first-order valence-electron chi connectivity index (χ1n) is 7.15. The van der Waals surface area contributed by atoms with Crippen LogP contribution in [0.15, 0.2) is 30.5 Å². The van der Waals surface area contributed by atoms with Crippen LogP contribution in [-0.2, 0) is 19.9 Å². The number of carbonyl (C=O) groups excluding carboxylic acids is 1. The maximum atomic E-state index is 12.4. The predicted molar refractivity (Wildman–Crippen MR) is 81.2 cm³/mol. The minimum absolute atomic E-state index is 0.146. The zero-order chi connectivity index (χ0) is 14.7. The summed E-state index contributed by atoms with van der Waals surface area (Å²) in [4.78, 5) is 12.4. The van der Waals surface area contributed by atoms with Crippen molar-refractivity contribution in [3.63, 3.8) is 0 Å². The van der Waals surface area contributed by atoms with Gasteiger partial charge in [-0.25, -0.2) is 0 Å². The standard InChI is InChI=1S/C17H22N2O/c1-5-16-15(11-19(4)18-16)17(20)10-13-6-8-14(9-7-13)12(2)3/h6-9,11-12H,5,10H2,1-4H3. The van der Waals surface area contributed by atoms with E-state index < -0.39 is 0 Å². The fourth-order valence-corrected chi connectivity index (χ4v) is 2.33. The minimum atomic E-state index is 0.146. The molecule has 1 aromatic heterocycles. The van der Waals surface area contributed by atoms with E-state index >= 15 is 0 Å². The number of Topliss-reactive ketones (excluding diaryl/α,β-unsaturated/α-hetero) is 1. The molecule has 0 N–H and O–H groups in total. The summed E-state index contributed by atoms with van der Waals surface area (Å²) in [5.41, 5.74) is 4.00. The second kappa shape index (κ2) is 6.04. The predicted octanol–water partition coefficient (Wildman–Crippen LogP) is 3.53. The number of aryl methyl sites for hydroxylation is 2. The van der Waals surface area contributed by atoms with Gasteiger partial charge in [0, 0.05) is 19.7 Å². The van der Waals surface area contributed by atoms with Crippen molar-refractivity contribution in [2.45, 2.75) is 39.5 Å². The van der Waals surface area contributed by atoms with Gasteiger partial charge in [-0.1, -0.05) is 45.0 Å². The average Bonchev–Trinajstić information content (AvgIpc) is 2.80. The van der Waals surface area contributed by atoms with Crippen molar-refractivity contribution in [2.75, 3.05) is 0 Å². The third kappa shape index (κ3) is 3.16. The highest BCUT2D eigenvalue weighted by molar-refractivity contribution is 5.98. The summed E-state index contributed by atoms with van der Waals surface area (Å²) in [7, 11) is 1.85. The van der Waals surface area contributed by atoms with Gasteiger partial charge in [-0.3, -0.25) is 9.48 Å². The van der Waals surface area contributed by atoms with E-state index in [1.807, 2.05) is 20.2 Å². The lowest BCUT2D eigenvalue weighted by Crippen LogP contribution is -2.05. The maximum absolute atomic E-state index is 12.4. The molecule has 0 fully saturated rings. The SMILES string of the molecule is CCc1nn(C)cc1C(=O)Cc1ccc(C(C)C)cc1. The molecule has 1 heterocycles. The number of carbonyl (C=O) groups is 1. The van der Waals surface area contributed by atoms with Crippen LogP contribution in [0.25, 0.3) is 0 Å². The molecule has 0 saturated carbocycles. The third-order valence-corrected chi connectivity index (χ3v) is 3.55. The molecular weight excluding hydrogens is 248 g/mol. The lowest BCUT2D eigenvalue weighted by molar-refractivity contribution is 0.0992. The minimum Gasteiger partial charge on any atom is -0.294 e. The Morgan fingerprint density at radius 1 is 1.25 bits per heavy atom. The van der Waals surface area contributed by atoms with Gasteiger partial charge in [0.25, 0.3) is 0 Å². The van der Waals surface area contributed by atoms with Crippen LogP contribution in [0, 0.1) is 0 Å². The molecule has 3 heteroatoms. The Hall–Kier alpha value is -1.90. The fourth-order valence-electron chi connectivity index (χ4n) is 2.33. The Morgan fingerprint density at radius 2 is 1.90 bits per heavy atom. The second-order valence-electron chi connectivity index (χ2n) is 5.51. The smallest absolute Gasteiger partial charge is 0.170 e. The van der Waals surface area contributed by atoms with Gasteiger partial charge in [-0.2, -0.15) is 5.10 Å². The van der Waals surface area contributed by atoms with Gasteiger partial charge in [-0.05, 0) is 23.5 Å². The Morgan fingerprint density at radius 3 is 2.45 bits per heavy atom. The number of aromatic nitrogens is 2. The first kappa shape index (κ1) is 14.5. The number of nitrogens with zero attached hydrogens (tertiary/aromatic N) is 2. The van der Waals surface area contributed by atoms with Gasteiger partial charge in [0.2, 0.25) is 0 Å². The molecule has 0 saturated heterocycles. The topological polar surface area (TPSA) is 34.9 Å². The van der Waals surface area contributed by atoms with E-state index in [-0.39, 0.29) is 5.78 Å². The molecule has 0 unspecified atom stereocenters. The van der Waals surface area contributed by atoms with E-state index in [2.05, 4.69) is 43.2 Å². The zero-order valence-corrected chi connectivity index (χ0v) is 12.7. The molecule has 0 amide bonds. The lowest BCUT2D eigenvalue weighted by atomic mass is 9.98. The normalized spacial score (nSPS) is 11.1. The van der Waals surface area contributed by atoms with Crippen molar-refractivity contribution in [3.05, 3.63) is 52.8 Å². The number of hydrogen-bond donors (Lipinski definition) is 0. The van der Waals surface area contributed by atoms with E-state index in [1.165, 1.54) is 5.56 Å². The summed E-state index contributed by atoms with van der Waals surface area (Å²) in [5.74, 6) is 0.664. The Bertz CT molecular complexity index is 594. The molecule has 0 radical (unpaired) electrons. The van der Waals surface area contributed by atoms with Crippen LogP contribution in [0.1, 0.15) is 53.9 Å². The molecule has 0 aliphatic heterocycles. The summed E-state index contributed by atoms with van der Waals surface area (Å²) in [6.07, 6.45) is 3.05. The largest absolute Gasteiger partial charge is 0.294 e. The molecule has 1 aromatic carbocycles. The number of benzene rings is 1. The first-order valence-corrected chi connectivity index (χ1v) is 7.15. The van der Waals surface area contributed by atoms with Crippen molar-refractivity contribution in [2.24, 2.45) is 7.05 Å². The number of hydrogen-bond acceptors (Lipinski definition) is 2. The molecule has 3 nitrogen and oxygen atoms in total. The van der Waals surface area contributed by atoms with E-state index in [1.54, 1.807) is 4.68 Å². The van der Waals surface area contributed by atoms with E-state index in [0.29, 0.717) is 12.3 Å². The molecule has 20 heavy (non-hydrogen) atoms. The van der Waals surface area contributed by atoms with Crippen molar-refractivity contribution < 1.29 is 4.79 Å². The maximum Gasteiger partial charge on any atom is 0.170 e. The summed E-state index contributed by atoms with van der Waals surface area (Å²) < 4.78 is 1.72. The van der Waals surface area contributed by atoms with Crippen LogP contribution >= 0.6 is 0 Å². The molecule has 2 aromatic rings. The molecule has 2 rings (SSSR count). The highest BCUT2D eigenvalue weighted by Crippen LogP contribution is 2.17. The summed E-state index contributed by atoms with van der Waals surface area (Å²) in [5, 5.41) is 4.32. The van der Waals surface area contributed by atoms with E-state index in [0.717, 1.165) is 23.2 Å². The average molecular weight is 270 g/mol. The van der Waals surface area contributed by atoms with Gasteiger partial charge in [0.05, 0.1) is 11.3 Å². The van der Waals surface area contributed by atoms with Crippen molar-refractivity contribution in [1.29, 1.82) is 0 Å². The van der Waals surface area contributed by atoms with Crippen molar-refractivity contribution >= 4 is 5.78 Å². The van der Waals surface area contributed by atoms with Crippen LogP contribution in [0.5, 0.6) is 0 Å². The van der Waals surface area contributed by atoms with Crippen LogP contribution in [0.2, 0.25) is 0 Å². The van der Waals surface area contributed by atoms with E-state index in [9.17, 15) is 4.79 Å². The fraction of sp³-hybridized carbons (Fsp3) is 0.412. The van der Waals surface area contributed by atoms with Gasteiger partial charge < -0.3 is 0 Å². The second-order valence-corrected chi connectivity index (χ2v) is 5.51. The zero-order valence-electron chi connectivity index (χ0n) is 12.7. The van der Waals surface area contributed by atoms with E-state index in [4.69, 9.17) is 0 Å². The van der Waals surface area contributed by atoms with Crippen LogP contribution in [0.4, 0.5) is 0 Å².